The number of halogens is 1. The minimum Gasteiger partial charge on any atom is -0.347 e. The van der Waals surface area contributed by atoms with Crippen LogP contribution in [0.4, 0.5) is 0 Å². The second kappa shape index (κ2) is 5.98. The number of benzene rings is 1. The lowest BCUT2D eigenvalue weighted by molar-refractivity contribution is 0.0941. The highest BCUT2D eigenvalue weighted by Crippen LogP contribution is 2.22. The molecule has 6 nitrogen and oxygen atoms in total. The van der Waals surface area contributed by atoms with Crippen molar-refractivity contribution >= 4 is 27.3 Å². The molecule has 122 valence electrons. The van der Waals surface area contributed by atoms with Gasteiger partial charge in [0.05, 0.1) is 35.3 Å². The Morgan fingerprint density at radius 3 is 2.61 bits per heavy atom. The molecule has 1 amide bonds. The summed E-state index contributed by atoms with van der Waals surface area (Å²) in [6.07, 6.45) is 0. The Labute approximate surface area is 139 Å². The Bertz CT molecular complexity index is 834. The lowest BCUT2D eigenvalue weighted by atomic mass is 10.2. The third kappa shape index (κ3) is 3.40. The van der Waals surface area contributed by atoms with Crippen LogP contribution in [0.1, 0.15) is 21.6 Å². The molecule has 2 heterocycles. The van der Waals surface area contributed by atoms with Gasteiger partial charge in [-0.15, -0.1) is 0 Å². The molecule has 0 unspecified atom stereocenters. The van der Waals surface area contributed by atoms with E-state index in [0.29, 0.717) is 17.8 Å². The Balaban J connectivity index is 1.76. The minimum absolute atomic E-state index is 0.0203. The van der Waals surface area contributed by atoms with Crippen molar-refractivity contribution in [3.8, 4) is 0 Å². The zero-order chi connectivity index (χ0) is 16.6. The average molecular weight is 354 g/mol. The monoisotopic (exact) mass is 353 g/mol. The Morgan fingerprint density at radius 2 is 2.00 bits per heavy atom. The predicted molar refractivity (Wildman–Crippen MR) is 87.4 cm³/mol. The first-order valence-corrected chi connectivity index (χ1v) is 9.34. The van der Waals surface area contributed by atoms with Crippen molar-refractivity contribution < 1.29 is 13.2 Å². The molecular formula is C15H16ClN3O3S. The van der Waals surface area contributed by atoms with Crippen molar-refractivity contribution in [3.05, 3.63) is 52.3 Å². The van der Waals surface area contributed by atoms with Crippen LogP contribution in [-0.2, 0) is 16.4 Å². The number of sulfone groups is 1. The molecule has 0 radical (unpaired) electrons. The van der Waals surface area contributed by atoms with Gasteiger partial charge in [-0.1, -0.05) is 41.9 Å². The van der Waals surface area contributed by atoms with Crippen LogP contribution in [0.25, 0.3) is 0 Å². The van der Waals surface area contributed by atoms with Crippen LogP contribution in [0, 0.1) is 6.92 Å². The van der Waals surface area contributed by atoms with E-state index in [-0.39, 0.29) is 28.6 Å². The predicted octanol–water partition coefficient (Wildman–Crippen LogP) is 1.42. The minimum atomic E-state index is -2.98. The molecule has 8 heteroatoms. The van der Waals surface area contributed by atoms with Crippen molar-refractivity contribution in [2.24, 2.45) is 0 Å². The summed E-state index contributed by atoms with van der Waals surface area (Å²) in [4.78, 5) is 12.3. The molecule has 0 bridgehead atoms. The quantitative estimate of drug-likeness (QED) is 0.901. The first-order valence-electron chi connectivity index (χ1n) is 7.14. The fourth-order valence-corrected chi connectivity index (χ4v) is 4.19. The summed E-state index contributed by atoms with van der Waals surface area (Å²) in [7, 11) is -2.98. The number of carbonyl (C=O) groups is 1. The summed E-state index contributed by atoms with van der Waals surface area (Å²) < 4.78 is 23.9. The number of nitrogens with one attached hydrogen (secondary N) is 1. The number of hydrogen-bond acceptors (Lipinski definition) is 4. The van der Waals surface area contributed by atoms with Crippen LogP contribution in [-0.4, -0.2) is 41.7 Å². The summed E-state index contributed by atoms with van der Waals surface area (Å²) in [5.74, 6) is -0.423. The standard InChI is InChI=1S/C15H16ClN3O3S/c1-10-13(15(20)17-12-8-23(21,22)9-12)14(16)19(18-10)7-11-5-3-2-4-6-11/h2-6,12H,7-9H2,1H3,(H,17,20). The third-order valence-electron chi connectivity index (χ3n) is 3.71. The molecule has 0 saturated carbocycles. The van der Waals surface area contributed by atoms with Gasteiger partial charge in [0, 0.05) is 0 Å². The highest BCUT2D eigenvalue weighted by Gasteiger charge is 2.35. The topological polar surface area (TPSA) is 81.1 Å². The van der Waals surface area contributed by atoms with Gasteiger partial charge in [0.25, 0.3) is 5.91 Å². The Kier molecular flexibility index (Phi) is 4.16. The molecular weight excluding hydrogens is 338 g/mol. The molecule has 3 rings (SSSR count). The normalized spacial score (nSPS) is 16.8. The number of aromatic nitrogens is 2. The van der Waals surface area contributed by atoms with Gasteiger partial charge in [0.1, 0.15) is 5.15 Å². The van der Waals surface area contributed by atoms with E-state index in [0.717, 1.165) is 5.56 Å². The number of amides is 1. The van der Waals surface area contributed by atoms with Crippen LogP contribution in [0.15, 0.2) is 30.3 Å². The van der Waals surface area contributed by atoms with Crippen molar-refractivity contribution in [2.45, 2.75) is 19.5 Å². The van der Waals surface area contributed by atoms with E-state index in [1.165, 1.54) is 0 Å². The van der Waals surface area contributed by atoms with Gasteiger partial charge in [0.2, 0.25) is 0 Å². The molecule has 0 spiro atoms. The number of carbonyl (C=O) groups excluding carboxylic acids is 1. The fraction of sp³-hybridized carbons (Fsp3) is 0.333. The van der Waals surface area contributed by atoms with Gasteiger partial charge in [-0.05, 0) is 12.5 Å². The molecule has 1 aliphatic heterocycles. The largest absolute Gasteiger partial charge is 0.347 e. The summed E-state index contributed by atoms with van der Waals surface area (Å²) in [6, 6.07) is 9.32. The fourth-order valence-electron chi connectivity index (χ4n) is 2.58. The highest BCUT2D eigenvalue weighted by atomic mass is 35.5. The van der Waals surface area contributed by atoms with Gasteiger partial charge >= 0.3 is 0 Å². The molecule has 1 aliphatic rings. The van der Waals surface area contributed by atoms with E-state index >= 15 is 0 Å². The molecule has 1 N–H and O–H groups in total. The van der Waals surface area contributed by atoms with E-state index in [1.54, 1.807) is 11.6 Å². The maximum atomic E-state index is 12.3. The molecule has 1 aromatic heterocycles. The van der Waals surface area contributed by atoms with Gasteiger partial charge < -0.3 is 5.32 Å². The number of hydrogen-bond donors (Lipinski definition) is 1. The number of aryl methyl sites for hydroxylation is 1. The summed E-state index contributed by atoms with van der Waals surface area (Å²) >= 11 is 6.30. The smallest absolute Gasteiger partial charge is 0.256 e. The van der Waals surface area contributed by atoms with Crippen LogP contribution >= 0.6 is 11.6 Å². The van der Waals surface area contributed by atoms with E-state index in [2.05, 4.69) is 10.4 Å². The molecule has 23 heavy (non-hydrogen) atoms. The molecule has 0 aliphatic carbocycles. The van der Waals surface area contributed by atoms with Crippen molar-refractivity contribution in [1.29, 1.82) is 0 Å². The van der Waals surface area contributed by atoms with Gasteiger partial charge in [-0.25, -0.2) is 13.1 Å². The summed E-state index contributed by atoms with van der Waals surface area (Å²) in [5, 5.41) is 7.26. The molecule has 1 aromatic carbocycles. The SMILES string of the molecule is Cc1nn(Cc2ccccc2)c(Cl)c1C(=O)NC1CS(=O)(=O)C1. The molecule has 2 aromatic rings. The van der Waals surface area contributed by atoms with E-state index in [4.69, 9.17) is 11.6 Å². The Morgan fingerprint density at radius 1 is 1.35 bits per heavy atom. The highest BCUT2D eigenvalue weighted by molar-refractivity contribution is 7.92. The van der Waals surface area contributed by atoms with Crippen LogP contribution in [0.5, 0.6) is 0 Å². The van der Waals surface area contributed by atoms with Crippen molar-refractivity contribution in [3.63, 3.8) is 0 Å². The molecule has 1 fully saturated rings. The van der Waals surface area contributed by atoms with Crippen molar-refractivity contribution in [1.82, 2.24) is 15.1 Å². The van der Waals surface area contributed by atoms with Gasteiger partial charge in [0.15, 0.2) is 9.84 Å². The van der Waals surface area contributed by atoms with Crippen molar-refractivity contribution in [2.75, 3.05) is 11.5 Å². The van der Waals surface area contributed by atoms with Gasteiger partial charge in [-0.2, -0.15) is 5.10 Å². The molecule has 1 saturated heterocycles. The average Bonchev–Trinajstić information content (AvgIpc) is 2.72. The zero-order valence-corrected chi connectivity index (χ0v) is 14.1. The van der Waals surface area contributed by atoms with Gasteiger partial charge in [-0.3, -0.25) is 4.79 Å². The number of rotatable bonds is 4. The van der Waals surface area contributed by atoms with E-state index < -0.39 is 9.84 Å². The molecule has 0 atom stereocenters. The van der Waals surface area contributed by atoms with Crippen LogP contribution in [0.2, 0.25) is 5.15 Å². The van der Waals surface area contributed by atoms with E-state index in [1.807, 2.05) is 30.3 Å². The van der Waals surface area contributed by atoms with Crippen LogP contribution in [0.3, 0.4) is 0 Å². The maximum absolute atomic E-state index is 12.3. The number of nitrogens with zero attached hydrogens (tertiary/aromatic N) is 2. The second-order valence-electron chi connectivity index (χ2n) is 5.64. The third-order valence-corrected chi connectivity index (χ3v) is 5.92. The summed E-state index contributed by atoms with van der Waals surface area (Å²) in [6.45, 7) is 2.17. The second-order valence-corrected chi connectivity index (χ2v) is 8.15. The van der Waals surface area contributed by atoms with Crippen LogP contribution < -0.4 is 5.32 Å². The maximum Gasteiger partial charge on any atom is 0.256 e. The van der Waals surface area contributed by atoms with E-state index in [9.17, 15) is 13.2 Å². The zero-order valence-electron chi connectivity index (χ0n) is 12.5. The Hall–Kier alpha value is -1.86. The lowest BCUT2D eigenvalue weighted by Gasteiger charge is -2.26. The lowest BCUT2D eigenvalue weighted by Crippen LogP contribution is -2.53. The first-order chi connectivity index (χ1) is 10.9. The first kappa shape index (κ1) is 16.0. The summed E-state index contributed by atoms with van der Waals surface area (Å²) in [5.41, 5.74) is 1.84.